The molecule has 10 heteroatoms. The lowest BCUT2D eigenvalue weighted by atomic mass is 10.1. The zero-order chi connectivity index (χ0) is 19.7. The second-order valence-corrected chi connectivity index (χ2v) is 5.82. The molecule has 0 unspecified atom stereocenters. The third-order valence-electron chi connectivity index (χ3n) is 3.91. The summed E-state index contributed by atoms with van der Waals surface area (Å²) in [6, 6.07) is 10.4. The molecule has 0 aliphatic rings. The Hall–Kier alpha value is -3.69. The summed E-state index contributed by atoms with van der Waals surface area (Å²) in [5.74, 6) is 0.138. The van der Waals surface area contributed by atoms with Crippen molar-refractivity contribution in [1.82, 2.24) is 24.1 Å². The van der Waals surface area contributed by atoms with E-state index in [2.05, 4.69) is 19.8 Å². The van der Waals surface area contributed by atoms with Crippen molar-refractivity contribution in [2.45, 2.75) is 12.9 Å². The van der Waals surface area contributed by atoms with E-state index in [0.717, 1.165) is 0 Å². The van der Waals surface area contributed by atoms with E-state index in [9.17, 15) is 18.0 Å². The van der Waals surface area contributed by atoms with Crippen molar-refractivity contribution >= 4 is 5.65 Å². The summed E-state index contributed by atoms with van der Waals surface area (Å²) in [6.45, 7) is 0.125. The number of aromatic nitrogens is 5. The number of halogens is 3. The molecule has 0 aliphatic heterocycles. The predicted molar refractivity (Wildman–Crippen MR) is 92.7 cm³/mol. The number of alkyl halides is 3. The summed E-state index contributed by atoms with van der Waals surface area (Å²) in [4.78, 5) is 20.7. The van der Waals surface area contributed by atoms with Crippen molar-refractivity contribution in [3.63, 3.8) is 0 Å². The summed E-state index contributed by atoms with van der Waals surface area (Å²) in [7, 11) is 0. The first-order valence-corrected chi connectivity index (χ1v) is 8.10. The van der Waals surface area contributed by atoms with Crippen molar-refractivity contribution in [3.8, 4) is 16.9 Å². The second kappa shape index (κ2) is 6.80. The van der Waals surface area contributed by atoms with Gasteiger partial charge in [0, 0.05) is 18.6 Å². The maximum Gasteiger partial charge on any atom is 0.573 e. The van der Waals surface area contributed by atoms with Gasteiger partial charge in [-0.25, -0.2) is 23.8 Å². The molecule has 7 nitrogen and oxygen atoms in total. The first-order chi connectivity index (χ1) is 13.4. The molecular weight excluding hydrogens is 375 g/mol. The van der Waals surface area contributed by atoms with Gasteiger partial charge >= 0.3 is 12.1 Å². The van der Waals surface area contributed by atoms with Gasteiger partial charge in [0.25, 0.3) is 0 Å². The standard InChI is InChI=1S/C18H12F3N5O2/c19-18(20,21)28-14-5-2-12(3-6-14)13-4-7-16-24-26(17(27)25(16)10-13)11-15-22-8-1-9-23-15/h1-10H,11H2. The molecule has 0 amide bonds. The van der Waals surface area contributed by atoms with Crippen molar-refractivity contribution in [3.05, 3.63) is 77.4 Å². The van der Waals surface area contributed by atoms with E-state index in [0.29, 0.717) is 22.6 Å². The Labute approximate surface area is 155 Å². The highest BCUT2D eigenvalue weighted by Crippen LogP contribution is 2.26. The van der Waals surface area contributed by atoms with Crippen LogP contribution in [0.25, 0.3) is 16.8 Å². The fraction of sp³-hybridized carbons (Fsp3) is 0.111. The highest BCUT2D eigenvalue weighted by Gasteiger charge is 2.30. The molecular formula is C18H12F3N5O2. The number of nitrogens with zero attached hydrogens (tertiary/aromatic N) is 5. The van der Waals surface area contributed by atoms with E-state index in [-0.39, 0.29) is 18.0 Å². The fourth-order valence-electron chi connectivity index (χ4n) is 2.69. The molecule has 1 aromatic carbocycles. The van der Waals surface area contributed by atoms with Crippen LogP contribution in [0.2, 0.25) is 0 Å². The number of ether oxygens (including phenoxy) is 1. The minimum absolute atomic E-state index is 0.125. The first kappa shape index (κ1) is 17.7. The molecule has 0 spiro atoms. The van der Waals surface area contributed by atoms with Crippen LogP contribution >= 0.6 is 0 Å². The Bertz CT molecular complexity index is 1170. The third kappa shape index (κ3) is 3.70. The van der Waals surface area contributed by atoms with Gasteiger partial charge < -0.3 is 4.74 Å². The van der Waals surface area contributed by atoms with E-state index in [1.165, 1.54) is 33.3 Å². The van der Waals surface area contributed by atoms with E-state index in [1.807, 2.05) is 0 Å². The summed E-state index contributed by atoms with van der Waals surface area (Å²) >= 11 is 0. The normalized spacial score (nSPS) is 11.7. The Morgan fingerprint density at radius 3 is 2.32 bits per heavy atom. The van der Waals surface area contributed by atoms with Gasteiger partial charge in [0.1, 0.15) is 18.1 Å². The molecule has 0 bridgehead atoms. The Balaban J connectivity index is 1.64. The molecule has 3 heterocycles. The van der Waals surface area contributed by atoms with Gasteiger partial charge in [-0.05, 0) is 41.5 Å². The van der Waals surface area contributed by atoms with Crippen LogP contribution in [-0.4, -0.2) is 30.5 Å². The number of pyridine rings is 1. The summed E-state index contributed by atoms with van der Waals surface area (Å²) in [5, 5.41) is 4.24. The smallest absolute Gasteiger partial charge is 0.406 e. The van der Waals surface area contributed by atoms with E-state index in [1.54, 1.807) is 36.8 Å². The van der Waals surface area contributed by atoms with Crippen molar-refractivity contribution in [2.24, 2.45) is 0 Å². The van der Waals surface area contributed by atoms with Crippen LogP contribution in [0.4, 0.5) is 13.2 Å². The first-order valence-electron chi connectivity index (χ1n) is 8.10. The lowest BCUT2D eigenvalue weighted by Crippen LogP contribution is -2.22. The number of hydrogen-bond acceptors (Lipinski definition) is 5. The average Bonchev–Trinajstić information content (AvgIpc) is 2.97. The Kier molecular flexibility index (Phi) is 4.30. The molecule has 4 aromatic rings. The van der Waals surface area contributed by atoms with Crippen LogP contribution in [0.3, 0.4) is 0 Å². The van der Waals surface area contributed by atoms with Gasteiger partial charge in [0.05, 0.1) is 0 Å². The van der Waals surface area contributed by atoms with Crippen LogP contribution in [0.5, 0.6) is 5.75 Å². The van der Waals surface area contributed by atoms with Crippen LogP contribution < -0.4 is 10.4 Å². The lowest BCUT2D eigenvalue weighted by molar-refractivity contribution is -0.274. The molecule has 0 saturated heterocycles. The summed E-state index contributed by atoms with van der Waals surface area (Å²) in [5.41, 5.74) is 1.33. The van der Waals surface area contributed by atoms with Crippen molar-refractivity contribution < 1.29 is 17.9 Å². The molecule has 0 atom stereocenters. The van der Waals surface area contributed by atoms with Gasteiger partial charge in [0.15, 0.2) is 5.65 Å². The second-order valence-electron chi connectivity index (χ2n) is 5.82. The van der Waals surface area contributed by atoms with Gasteiger partial charge in [-0.3, -0.25) is 0 Å². The molecule has 142 valence electrons. The lowest BCUT2D eigenvalue weighted by Gasteiger charge is -2.09. The topological polar surface area (TPSA) is 74.3 Å². The average molecular weight is 387 g/mol. The quantitative estimate of drug-likeness (QED) is 0.538. The SMILES string of the molecule is O=c1n(Cc2ncccn2)nc2ccc(-c3ccc(OC(F)(F)F)cc3)cn12. The van der Waals surface area contributed by atoms with Crippen LogP contribution in [0.1, 0.15) is 5.82 Å². The van der Waals surface area contributed by atoms with Crippen molar-refractivity contribution in [1.29, 1.82) is 0 Å². The summed E-state index contributed by atoms with van der Waals surface area (Å²) < 4.78 is 43.3. The number of benzene rings is 1. The zero-order valence-electron chi connectivity index (χ0n) is 14.2. The number of hydrogen-bond donors (Lipinski definition) is 0. The minimum Gasteiger partial charge on any atom is -0.406 e. The number of fused-ring (bicyclic) bond motifs is 1. The Morgan fingerprint density at radius 1 is 0.964 bits per heavy atom. The predicted octanol–water partition coefficient (Wildman–Crippen LogP) is 2.90. The van der Waals surface area contributed by atoms with E-state index < -0.39 is 6.36 Å². The molecule has 3 aromatic heterocycles. The highest BCUT2D eigenvalue weighted by atomic mass is 19.4. The largest absolute Gasteiger partial charge is 0.573 e. The fourth-order valence-corrected chi connectivity index (χ4v) is 2.69. The van der Waals surface area contributed by atoms with Gasteiger partial charge in [0.2, 0.25) is 0 Å². The van der Waals surface area contributed by atoms with Gasteiger partial charge in [-0.2, -0.15) is 0 Å². The molecule has 28 heavy (non-hydrogen) atoms. The van der Waals surface area contributed by atoms with Gasteiger partial charge in [-0.1, -0.05) is 12.1 Å². The van der Waals surface area contributed by atoms with Crippen LogP contribution in [0, 0.1) is 0 Å². The van der Waals surface area contributed by atoms with E-state index in [4.69, 9.17) is 0 Å². The molecule has 4 rings (SSSR count). The molecule has 0 saturated carbocycles. The summed E-state index contributed by atoms with van der Waals surface area (Å²) in [6.07, 6.45) is -0.0156. The van der Waals surface area contributed by atoms with Crippen LogP contribution in [0.15, 0.2) is 65.8 Å². The molecule has 0 aliphatic carbocycles. The molecule has 0 radical (unpaired) electrons. The Morgan fingerprint density at radius 2 is 1.64 bits per heavy atom. The molecule has 0 fully saturated rings. The number of rotatable bonds is 4. The van der Waals surface area contributed by atoms with E-state index >= 15 is 0 Å². The third-order valence-corrected chi connectivity index (χ3v) is 3.91. The maximum atomic E-state index is 12.6. The maximum absolute atomic E-state index is 12.6. The monoisotopic (exact) mass is 387 g/mol. The van der Waals surface area contributed by atoms with Crippen LogP contribution in [-0.2, 0) is 6.54 Å². The highest BCUT2D eigenvalue weighted by molar-refractivity contribution is 5.65. The zero-order valence-corrected chi connectivity index (χ0v) is 14.2. The van der Waals surface area contributed by atoms with Gasteiger partial charge in [-0.15, -0.1) is 18.3 Å². The van der Waals surface area contributed by atoms with Crippen molar-refractivity contribution in [2.75, 3.05) is 0 Å². The minimum atomic E-state index is -4.75. The molecule has 0 N–H and O–H groups in total.